The van der Waals surface area contributed by atoms with Crippen LogP contribution in [0.25, 0.3) is 0 Å². The summed E-state index contributed by atoms with van der Waals surface area (Å²) < 4.78 is 2.03. The average molecular weight is 181 g/mol. The third-order valence-corrected chi connectivity index (χ3v) is 2.11. The van der Waals surface area contributed by atoms with Gasteiger partial charge in [-0.1, -0.05) is 20.8 Å². The molecule has 1 aromatic rings. The van der Waals surface area contributed by atoms with E-state index in [-0.39, 0.29) is 5.41 Å². The second kappa shape index (κ2) is 3.50. The summed E-state index contributed by atoms with van der Waals surface area (Å²) in [5, 5.41) is 4.41. The molecule has 0 aliphatic heterocycles. The summed E-state index contributed by atoms with van der Waals surface area (Å²) in [4.78, 5) is 0. The molecule has 1 heterocycles. The molecule has 0 aliphatic carbocycles. The van der Waals surface area contributed by atoms with Crippen LogP contribution in [-0.4, -0.2) is 9.78 Å². The Hall–Kier alpha value is -0.830. The second-order valence-corrected chi connectivity index (χ2v) is 4.29. The summed E-state index contributed by atoms with van der Waals surface area (Å²) in [7, 11) is 0. The average Bonchev–Trinajstić information content (AvgIpc) is 2.46. The van der Waals surface area contributed by atoms with E-state index in [9.17, 15) is 0 Å². The molecule has 0 atom stereocenters. The first-order chi connectivity index (χ1) is 5.99. The lowest BCUT2D eigenvalue weighted by atomic mass is 9.92. The van der Waals surface area contributed by atoms with Gasteiger partial charge in [-0.3, -0.25) is 4.68 Å². The van der Waals surface area contributed by atoms with Crippen molar-refractivity contribution in [1.29, 1.82) is 0 Å². The summed E-state index contributed by atoms with van der Waals surface area (Å²) in [5.41, 5.74) is 7.94. The van der Waals surface area contributed by atoms with E-state index in [4.69, 9.17) is 5.73 Å². The van der Waals surface area contributed by atoms with Crippen molar-refractivity contribution in [1.82, 2.24) is 9.78 Å². The van der Waals surface area contributed by atoms with Crippen LogP contribution in [0.1, 0.15) is 39.1 Å². The molecule has 1 aromatic heterocycles. The number of rotatable bonds is 2. The number of nitrogens with two attached hydrogens (primary N) is 1. The van der Waals surface area contributed by atoms with E-state index in [0.717, 1.165) is 12.2 Å². The largest absolute Gasteiger partial charge is 0.325 e. The highest BCUT2D eigenvalue weighted by Crippen LogP contribution is 2.22. The molecule has 3 heteroatoms. The van der Waals surface area contributed by atoms with Crippen molar-refractivity contribution < 1.29 is 0 Å². The predicted octanol–water partition coefficient (Wildman–Crippen LogP) is 1.66. The van der Waals surface area contributed by atoms with Crippen LogP contribution in [0, 0.1) is 0 Å². The van der Waals surface area contributed by atoms with E-state index in [1.807, 2.05) is 4.68 Å². The van der Waals surface area contributed by atoms with Crippen molar-refractivity contribution in [3.8, 4) is 0 Å². The first kappa shape index (κ1) is 10.3. The van der Waals surface area contributed by atoms with Crippen LogP contribution in [0.5, 0.6) is 0 Å². The third-order valence-electron chi connectivity index (χ3n) is 2.11. The molecule has 3 nitrogen and oxygen atoms in total. The highest BCUT2D eigenvalue weighted by atomic mass is 15.3. The number of aryl methyl sites for hydroxylation is 1. The molecular formula is C10H19N3. The Morgan fingerprint density at radius 2 is 2.08 bits per heavy atom. The van der Waals surface area contributed by atoms with Crippen molar-refractivity contribution in [3.05, 3.63) is 17.5 Å². The number of aromatic nitrogens is 2. The van der Waals surface area contributed by atoms with Gasteiger partial charge in [-0.15, -0.1) is 0 Å². The van der Waals surface area contributed by atoms with Gasteiger partial charge < -0.3 is 5.73 Å². The van der Waals surface area contributed by atoms with Gasteiger partial charge >= 0.3 is 0 Å². The lowest BCUT2D eigenvalue weighted by molar-refractivity contribution is 0.496. The molecule has 0 bridgehead atoms. The fourth-order valence-electron chi connectivity index (χ4n) is 1.41. The first-order valence-corrected chi connectivity index (χ1v) is 4.76. The summed E-state index contributed by atoms with van der Waals surface area (Å²) in [6.07, 6.45) is 0. The van der Waals surface area contributed by atoms with Gasteiger partial charge in [0.15, 0.2) is 0 Å². The zero-order valence-corrected chi connectivity index (χ0v) is 8.96. The Balaban J connectivity index is 3.11. The van der Waals surface area contributed by atoms with E-state index in [1.54, 1.807) is 0 Å². The van der Waals surface area contributed by atoms with E-state index in [0.29, 0.717) is 6.54 Å². The number of hydrogen-bond donors (Lipinski definition) is 1. The Labute approximate surface area is 79.9 Å². The van der Waals surface area contributed by atoms with Gasteiger partial charge in [0.1, 0.15) is 0 Å². The molecule has 0 radical (unpaired) electrons. The minimum Gasteiger partial charge on any atom is -0.325 e. The molecular weight excluding hydrogens is 162 g/mol. The number of nitrogens with zero attached hydrogens (tertiary/aromatic N) is 2. The lowest BCUT2D eigenvalue weighted by Crippen LogP contribution is -2.17. The molecule has 0 aromatic carbocycles. The molecule has 0 saturated carbocycles. The summed E-state index contributed by atoms with van der Waals surface area (Å²) >= 11 is 0. The van der Waals surface area contributed by atoms with Crippen molar-refractivity contribution in [2.45, 2.75) is 46.2 Å². The summed E-state index contributed by atoms with van der Waals surface area (Å²) in [6, 6.07) is 2.10. The van der Waals surface area contributed by atoms with Crippen LogP contribution in [0.4, 0.5) is 0 Å². The van der Waals surface area contributed by atoms with Gasteiger partial charge in [-0.25, -0.2) is 0 Å². The second-order valence-electron chi connectivity index (χ2n) is 4.29. The van der Waals surface area contributed by atoms with Crippen molar-refractivity contribution in [2.24, 2.45) is 5.73 Å². The maximum absolute atomic E-state index is 5.55. The Kier molecular flexibility index (Phi) is 2.76. The van der Waals surface area contributed by atoms with Crippen LogP contribution >= 0.6 is 0 Å². The van der Waals surface area contributed by atoms with Gasteiger partial charge in [-0.05, 0) is 13.0 Å². The smallest absolute Gasteiger partial charge is 0.0763 e. The topological polar surface area (TPSA) is 43.8 Å². The zero-order chi connectivity index (χ0) is 10.1. The predicted molar refractivity (Wildman–Crippen MR) is 54.5 cm³/mol. The van der Waals surface area contributed by atoms with Crippen LogP contribution in [-0.2, 0) is 18.5 Å². The first-order valence-electron chi connectivity index (χ1n) is 4.76. The molecule has 2 N–H and O–H groups in total. The van der Waals surface area contributed by atoms with Crippen molar-refractivity contribution in [2.75, 3.05) is 0 Å². The van der Waals surface area contributed by atoms with Crippen LogP contribution in [0.15, 0.2) is 6.07 Å². The summed E-state index contributed by atoms with van der Waals surface area (Å²) in [6.45, 7) is 10.1. The molecule has 0 aliphatic rings. The van der Waals surface area contributed by atoms with Crippen LogP contribution in [0.3, 0.4) is 0 Å². The minimum absolute atomic E-state index is 0.149. The SMILES string of the molecule is CCn1nc(CN)cc1C(C)(C)C. The highest BCUT2D eigenvalue weighted by Gasteiger charge is 2.19. The van der Waals surface area contributed by atoms with E-state index in [2.05, 4.69) is 38.9 Å². The normalized spacial score (nSPS) is 12.1. The molecule has 0 spiro atoms. The summed E-state index contributed by atoms with van der Waals surface area (Å²) in [5.74, 6) is 0. The van der Waals surface area contributed by atoms with Crippen LogP contribution < -0.4 is 5.73 Å². The third kappa shape index (κ3) is 2.10. The van der Waals surface area contributed by atoms with Gasteiger partial charge in [-0.2, -0.15) is 5.10 Å². The fourth-order valence-corrected chi connectivity index (χ4v) is 1.41. The maximum atomic E-state index is 5.55. The fraction of sp³-hybridized carbons (Fsp3) is 0.700. The molecule has 0 fully saturated rings. The Morgan fingerprint density at radius 1 is 1.46 bits per heavy atom. The molecule has 0 amide bonds. The molecule has 74 valence electrons. The van der Waals surface area contributed by atoms with E-state index in [1.165, 1.54) is 5.69 Å². The lowest BCUT2D eigenvalue weighted by Gasteiger charge is -2.19. The highest BCUT2D eigenvalue weighted by molar-refractivity contribution is 5.17. The molecule has 1 rings (SSSR count). The van der Waals surface area contributed by atoms with Gasteiger partial charge in [0.25, 0.3) is 0 Å². The minimum atomic E-state index is 0.149. The quantitative estimate of drug-likeness (QED) is 0.754. The number of hydrogen-bond acceptors (Lipinski definition) is 2. The van der Waals surface area contributed by atoms with Gasteiger partial charge in [0.05, 0.1) is 5.69 Å². The standard InChI is InChI=1S/C10H19N3/c1-5-13-9(10(2,3)4)6-8(7-11)12-13/h6H,5,7,11H2,1-4H3. The Bertz CT molecular complexity index is 281. The van der Waals surface area contributed by atoms with Crippen LogP contribution in [0.2, 0.25) is 0 Å². The molecule has 0 unspecified atom stereocenters. The van der Waals surface area contributed by atoms with Crippen molar-refractivity contribution >= 4 is 0 Å². The zero-order valence-electron chi connectivity index (χ0n) is 8.96. The maximum Gasteiger partial charge on any atom is 0.0763 e. The van der Waals surface area contributed by atoms with Crippen molar-refractivity contribution in [3.63, 3.8) is 0 Å². The van der Waals surface area contributed by atoms with E-state index >= 15 is 0 Å². The molecule has 13 heavy (non-hydrogen) atoms. The van der Waals surface area contributed by atoms with Gasteiger partial charge in [0.2, 0.25) is 0 Å². The molecule has 0 saturated heterocycles. The van der Waals surface area contributed by atoms with E-state index < -0.39 is 0 Å². The monoisotopic (exact) mass is 181 g/mol. The Morgan fingerprint density at radius 3 is 2.38 bits per heavy atom. The van der Waals surface area contributed by atoms with Gasteiger partial charge in [0, 0.05) is 24.2 Å².